The van der Waals surface area contributed by atoms with E-state index in [1.54, 1.807) is 18.2 Å². The normalized spacial score (nSPS) is 10.0. The van der Waals surface area contributed by atoms with Crippen molar-refractivity contribution in [2.45, 2.75) is 0 Å². The zero-order valence-electron chi connectivity index (χ0n) is 12.5. The van der Waals surface area contributed by atoms with Crippen LogP contribution in [0.4, 0.5) is 0 Å². The molecule has 0 fully saturated rings. The smallest absolute Gasteiger partial charge is 0.357 e. The van der Waals surface area contributed by atoms with Crippen molar-refractivity contribution in [3.8, 4) is 11.5 Å². The highest BCUT2D eigenvalue weighted by Gasteiger charge is 2.17. The summed E-state index contributed by atoms with van der Waals surface area (Å²) in [6.45, 7) is -0.435. The Labute approximate surface area is 137 Å². The van der Waals surface area contributed by atoms with Gasteiger partial charge in [-0.05, 0) is 24.3 Å². The topological polar surface area (TPSA) is 74.7 Å². The van der Waals surface area contributed by atoms with Crippen molar-refractivity contribution in [1.29, 1.82) is 0 Å². The number of benzene rings is 1. The fraction of sp³-hybridized carbons (Fsp3) is 0.188. The molecule has 23 heavy (non-hydrogen) atoms. The van der Waals surface area contributed by atoms with Crippen molar-refractivity contribution in [3.63, 3.8) is 0 Å². The minimum atomic E-state index is -0.728. The third-order valence-electron chi connectivity index (χ3n) is 2.97. The van der Waals surface area contributed by atoms with Gasteiger partial charge in [-0.25, -0.2) is 9.78 Å². The number of carbonyl (C=O) groups excluding carboxylic acids is 2. The van der Waals surface area contributed by atoms with E-state index in [0.717, 1.165) is 0 Å². The third kappa shape index (κ3) is 4.20. The van der Waals surface area contributed by atoms with Gasteiger partial charge in [0.2, 0.25) is 5.78 Å². The lowest BCUT2D eigenvalue weighted by Crippen LogP contribution is -2.15. The van der Waals surface area contributed by atoms with E-state index in [1.165, 1.54) is 32.5 Å². The molecule has 0 N–H and O–H groups in total. The molecule has 0 atom stereocenters. The van der Waals surface area contributed by atoms with Gasteiger partial charge in [0.15, 0.2) is 6.61 Å². The van der Waals surface area contributed by atoms with Crippen LogP contribution in [-0.2, 0) is 4.74 Å². The molecule has 2 aromatic rings. The Kier molecular flexibility index (Phi) is 5.54. The fourth-order valence-corrected chi connectivity index (χ4v) is 1.99. The Bertz CT molecular complexity index is 732. The molecule has 1 aromatic heterocycles. The van der Waals surface area contributed by atoms with Crippen molar-refractivity contribution in [2.24, 2.45) is 0 Å². The van der Waals surface area contributed by atoms with Crippen LogP contribution in [0.2, 0.25) is 5.02 Å². The number of methoxy groups -OCH3 is 2. The molecular formula is C16H14ClNO5. The predicted octanol–water partition coefficient (Wildman–Crippen LogP) is 2.79. The molecule has 6 nitrogen and oxygen atoms in total. The molecule has 2 rings (SSSR count). The molecule has 0 radical (unpaired) electrons. The third-order valence-corrected chi connectivity index (χ3v) is 3.21. The highest BCUT2D eigenvalue weighted by Crippen LogP contribution is 2.25. The second kappa shape index (κ2) is 7.60. The van der Waals surface area contributed by atoms with Crippen molar-refractivity contribution < 1.29 is 23.8 Å². The maximum absolute atomic E-state index is 12.2. The van der Waals surface area contributed by atoms with Crippen molar-refractivity contribution in [1.82, 2.24) is 4.98 Å². The highest BCUT2D eigenvalue weighted by molar-refractivity contribution is 6.30. The number of aromatic nitrogens is 1. The maximum Gasteiger partial charge on any atom is 0.357 e. The first-order valence-corrected chi connectivity index (χ1v) is 6.97. The number of hydrogen-bond acceptors (Lipinski definition) is 6. The van der Waals surface area contributed by atoms with E-state index in [-0.39, 0.29) is 5.69 Å². The summed E-state index contributed by atoms with van der Waals surface area (Å²) in [7, 11) is 2.95. The number of Topliss-reactive ketones (excluding diaryl/α,β-unsaturated/α-hetero) is 1. The number of halogens is 1. The molecule has 0 aliphatic rings. The van der Waals surface area contributed by atoms with E-state index in [2.05, 4.69) is 4.98 Å². The fourth-order valence-electron chi connectivity index (χ4n) is 1.83. The Morgan fingerprint density at radius 3 is 2.57 bits per heavy atom. The summed E-state index contributed by atoms with van der Waals surface area (Å²) in [6.07, 6.45) is 1.38. The molecule has 0 bridgehead atoms. The van der Waals surface area contributed by atoms with Crippen LogP contribution in [0.3, 0.4) is 0 Å². The van der Waals surface area contributed by atoms with Gasteiger partial charge < -0.3 is 14.2 Å². The van der Waals surface area contributed by atoms with Gasteiger partial charge in [0, 0.05) is 17.3 Å². The Hall–Kier alpha value is -2.60. The van der Waals surface area contributed by atoms with Crippen LogP contribution in [0.5, 0.6) is 11.5 Å². The minimum Gasteiger partial charge on any atom is -0.497 e. The molecule has 0 unspecified atom stereocenters. The molecule has 0 amide bonds. The molecule has 0 aliphatic carbocycles. The van der Waals surface area contributed by atoms with Crippen molar-refractivity contribution >= 4 is 23.4 Å². The number of carbonyl (C=O) groups is 2. The monoisotopic (exact) mass is 335 g/mol. The second-order valence-corrected chi connectivity index (χ2v) is 4.86. The quantitative estimate of drug-likeness (QED) is 0.597. The first-order chi connectivity index (χ1) is 11.0. The molecule has 0 spiro atoms. The molecule has 1 aromatic carbocycles. The second-order valence-electron chi connectivity index (χ2n) is 4.42. The van der Waals surface area contributed by atoms with Crippen LogP contribution in [0.15, 0.2) is 36.5 Å². The van der Waals surface area contributed by atoms with Crippen LogP contribution < -0.4 is 9.47 Å². The SMILES string of the molecule is COc1ccc(C(=O)COC(=O)c2cc(Cl)ccn2)c(OC)c1. The molecule has 0 saturated carbocycles. The van der Waals surface area contributed by atoms with Gasteiger partial charge in [-0.1, -0.05) is 11.6 Å². The average molecular weight is 336 g/mol. The van der Waals surface area contributed by atoms with E-state index >= 15 is 0 Å². The van der Waals surface area contributed by atoms with Gasteiger partial charge in [-0.15, -0.1) is 0 Å². The molecule has 1 heterocycles. The Balaban J connectivity index is 2.06. The lowest BCUT2D eigenvalue weighted by Gasteiger charge is -2.10. The first-order valence-electron chi connectivity index (χ1n) is 6.59. The van der Waals surface area contributed by atoms with Gasteiger partial charge in [0.25, 0.3) is 0 Å². The molecule has 120 valence electrons. The number of esters is 1. The largest absolute Gasteiger partial charge is 0.497 e. The summed E-state index contributed by atoms with van der Waals surface area (Å²) in [5.74, 6) is -0.238. The van der Waals surface area contributed by atoms with Crippen molar-refractivity contribution in [3.05, 3.63) is 52.8 Å². The maximum atomic E-state index is 12.2. The van der Waals surface area contributed by atoms with E-state index in [4.69, 9.17) is 25.8 Å². The van der Waals surface area contributed by atoms with Gasteiger partial charge in [-0.3, -0.25) is 4.79 Å². The summed E-state index contributed by atoms with van der Waals surface area (Å²) in [4.78, 5) is 27.9. The van der Waals surface area contributed by atoms with Gasteiger partial charge >= 0.3 is 5.97 Å². The standard InChI is InChI=1S/C16H14ClNO5/c1-21-11-3-4-12(15(8-11)22-2)14(19)9-23-16(20)13-7-10(17)5-6-18-13/h3-8H,9H2,1-2H3. The number of ketones is 1. The van der Waals surface area contributed by atoms with Gasteiger partial charge in [0.05, 0.1) is 19.8 Å². The van der Waals surface area contributed by atoms with Crippen LogP contribution in [-0.4, -0.2) is 37.6 Å². The van der Waals surface area contributed by atoms with Crippen LogP contribution in [0.25, 0.3) is 0 Å². The van der Waals surface area contributed by atoms with Gasteiger partial charge in [0.1, 0.15) is 17.2 Å². The lowest BCUT2D eigenvalue weighted by molar-refractivity contribution is 0.0468. The number of rotatable bonds is 6. The van der Waals surface area contributed by atoms with Crippen LogP contribution in [0, 0.1) is 0 Å². The molecular weight excluding hydrogens is 322 g/mol. The molecule has 7 heteroatoms. The highest BCUT2D eigenvalue weighted by atomic mass is 35.5. The van der Waals surface area contributed by atoms with E-state index in [1.807, 2.05) is 0 Å². The van der Waals surface area contributed by atoms with Crippen LogP contribution in [0.1, 0.15) is 20.8 Å². The summed E-state index contributed by atoms with van der Waals surface area (Å²) in [6, 6.07) is 7.64. The molecule has 0 aliphatic heterocycles. The summed E-state index contributed by atoms with van der Waals surface area (Å²) in [5, 5.41) is 0.357. The van der Waals surface area contributed by atoms with E-state index in [9.17, 15) is 9.59 Å². The number of nitrogens with zero attached hydrogens (tertiary/aromatic N) is 1. The zero-order valence-corrected chi connectivity index (χ0v) is 13.3. The predicted molar refractivity (Wildman–Crippen MR) is 83.4 cm³/mol. The van der Waals surface area contributed by atoms with Crippen molar-refractivity contribution in [2.75, 3.05) is 20.8 Å². The number of hydrogen-bond donors (Lipinski definition) is 0. The van der Waals surface area contributed by atoms with E-state index in [0.29, 0.717) is 22.1 Å². The average Bonchev–Trinajstić information content (AvgIpc) is 2.58. The number of ether oxygens (including phenoxy) is 3. The lowest BCUT2D eigenvalue weighted by atomic mass is 10.1. The Morgan fingerprint density at radius 2 is 1.91 bits per heavy atom. The van der Waals surface area contributed by atoms with Crippen LogP contribution >= 0.6 is 11.6 Å². The summed E-state index contributed by atoms with van der Waals surface area (Å²) in [5.41, 5.74) is 0.326. The van der Waals surface area contributed by atoms with E-state index < -0.39 is 18.4 Å². The Morgan fingerprint density at radius 1 is 1.13 bits per heavy atom. The van der Waals surface area contributed by atoms with Gasteiger partial charge in [-0.2, -0.15) is 0 Å². The minimum absolute atomic E-state index is 0.0343. The first kappa shape index (κ1) is 16.8. The summed E-state index contributed by atoms with van der Waals surface area (Å²) >= 11 is 5.77. The zero-order chi connectivity index (χ0) is 16.8. The number of pyridine rings is 1. The molecule has 0 saturated heterocycles. The summed E-state index contributed by atoms with van der Waals surface area (Å²) < 4.78 is 15.2.